The van der Waals surface area contributed by atoms with Crippen LogP contribution in [0.5, 0.6) is 11.5 Å². The quantitative estimate of drug-likeness (QED) is 0.551. The topological polar surface area (TPSA) is 94.2 Å². The van der Waals surface area contributed by atoms with Gasteiger partial charge in [0.15, 0.2) is 17.5 Å². The number of hydrogen-bond donors (Lipinski definition) is 2. The maximum atomic E-state index is 6.05. The summed E-state index contributed by atoms with van der Waals surface area (Å²) in [6.07, 6.45) is 1.81. The van der Waals surface area contributed by atoms with Gasteiger partial charge in [0.25, 0.3) is 0 Å². The van der Waals surface area contributed by atoms with Gasteiger partial charge in [-0.15, -0.1) is 0 Å². The Hall–Kier alpha value is -3.00. The molecule has 8 nitrogen and oxygen atoms in total. The number of pyridine rings is 1. The van der Waals surface area contributed by atoms with Gasteiger partial charge in [0, 0.05) is 31.4 Å². The molecule has 1 aliphatic rings. The molecule has 28 heavy (non-hydrogen) atoms. The molecule has 1 fully saturated rings. The van der Waals surface area contributed by atoms with Gasteiger partial charge in [0.1, 0.15) is 5.82 Å². The Morgan fingerprint density at radius 2 is 2.00 bits per heavy atom. The van der Waals surface area contributed by atoms with Crippen LogP contribution in [-0.4, -0.2) is 51.5 Å². The van der Waals surface area contributed by atoms with Crippen molar-refractivity contribution in [1.29, 1.82) is 0 Å². The number of anilines is 1. The molecule has 2 aromatic rings. The highest BCUT2D eigenvalue weighted by molar-refractivity contribution is 5.78. The van der Waals surface area contributed by atoms with Gasteiger partial charge in [0.2, 0.25) is 0 Å². The minimum atomic E-state index is 0.381. The second kappa shape index (κ2) is 9.80. The fourth-order valence-electron chi connectivity index (χ4n) is 3.03. The maximum absolute atomic E-state index is 6.05. The Balaban J connectivity index is 1.60. The van der Waals surface area contributed by atoms with E-state index in [1.165, 1.54) is 0 Å². The number of nitrogens with zero attached hydrogens (tertiary/aromatic N) is 3. The number of nitrogens with two attached hydrogens (primary N) is 1. The summed E-state index contributed by atoms with van der Waals surface area (Å²) < 4.78 is 16.0. The van der Waals surface area contributed by atoms with E-state index >= 15 is 0 Å². The predicted molar refractivity (Wildman–Crippen MR) is 109 cm³/mol. The van der Waals surface area contributed by atoms with Crippen LogP contribution in [0.25, 0.3) is 0 Å². The van der Waals surface area contributed by atoms with Gasteiger partial charge in [-0.2, -0.15) is 0 Å². The van der Waals surface area contributed by atoms with E-state index in [1.54, 1.807) is 14.2 Å². The van der Waals surface area contributed by atoms with E-state index in [0.717, 1.165) is 43.2 Å². The summed E-state index contributed by atoms with van der Waals surface area (Å²) in [6, 6.07) is 9.67. The van der Waals surface area contributed by atoms with Gasteiger partial charge in [0.05, 0.1) is 34.0 Å². The third-order valence-electron chi connectivity index (χ3n) is 4.52. The van der Waals surface area contributed by atoms with E-state index in [2.05, 4.69) is 20.2 Å². The lowest BCUT2D eigenvalue weighted by atomic mass is 10.2. The van der Waals surface area contributed by atoms with Crippen LogP contribution in [0.2, 0.25) is 0 Å². The Morgan fingerprint density at radius 3 is 2.75 bits per heavy atom. The molecule has 0 amide bonds. The Morgan fingerprint density at radius 1 is 1.21 bits per heavy atom. The highest BCUT2D eigenvalue weighted by atomic mass is 16.5. The third-order valence-corrected chi connectivity index (χ3v) is 4.52. The largest absolute Gasteiger partial charge is 0.493 e. The number of guanidine groups is 1. The van der Waals surface area contributed by atoms with Crippen LogP contribution in [0.4, 0.5) is 5.82 Å². The minimum Gasteiger partial charge on any atom is -0.493 e. The lowest BCUT2D eigenvalue weighted by molar-refractivity contribution is 0.122. The second-order valence-electron chi connectivity index (χ2n) is 6.33. The summed E-state index contributed by atoms with van der Waals surface area (Å²) in [5.74, 6) is 2.71. The van der Waals surface area contributed by atoms with Crippen molar-refractivity contribution in [2.24, 2.45) is 10.7 Å². The van der Waals surface area contributed by atoms with Gasteiger partial charge in [-0.25, -0.2) is 9.98 Å². The SMILES string of the molecule is COc1ccc(CN=C(N)NCc2cccnc2N2CCOCC2)cc1OC. The Labute approximate surface area is 165 Å². The number of ether oxygens (including phenoxy) is 3. The van der Waals surface area contributed by atoms with Gasteiger partial charge in [-0.05, 0) is 23.8 Å². The Kier molecular flexibility index (Phi) is 6.91. The van der Waals surface area contributed by atoms with E-state index < -0.39 is 0 Å². The van der Waals surface area contributed by atoms with E-state index in [0.29, 0.717) is 30.5 Å². The summed E-state index contributed by atoms with van der Waals surface area (Å²) in [6.45, 7) is 4.13. The van der Waals surface area contributed by atoms with Crippen LogP contribution in [0.1, 0.15) is 11.1 Å². The smallest absolute Gasteiger partial charge is 0.189 e. The molecule has 8 heteroatoms. The number of morpholine rings is 1. The average Bonchev–Trinajstić information content (AvgIpc) is 2.76. The van der Waals surface area contributed by atoms with Crippen molar-refractivity contribution < 1.29 is 14.2 Å². The number of nitrogens with one attached hydrogen (secondary N) is 1. The van der Waals surface area contributed by atoms with Crippen molar-refractivity contribution in [2.75, 3.05) is 45.4 Å². The minimum absolute atomic E-state index is 0.381. The average molecular weight is 385 g/mol. The van der Waals surface area contributed by atoms with Crippen molar-refractivity contribution in [2.45, 2.75) is 13.1 Å². The van der Waals surface area contributed by atoms with E-state index in [1.807, 2.05) is 36.5 Å². The van der Waals surface area contributed by atoms with Crippen LogP contribution in [0.3, 0.4) is 0 Å². The first-order valence-electron chi connectivity index (χ1n) is 9.22. The summed E-state index contributed by atoms with van der Waals surface area (Å²) in [7, 11) is 3.22. The molecule has 1 aromatic heterocycles. The van der Waals surface area contributed by atoms with Gasteiger partial charge < -0.3 is 30.2 Å². The first-order chi connectivity index (χ1) is 13.7. The van der Waals surface area contributed by atoms with Crippen molar-refractivity contribution in [3.05, 3.63) is 47.7 Å². The van der Waals surface area contributed by atoms with Gasteiger partial charge in [-0.3, -0.25) is 0 Å². The van der Waals surface area contributed by atoms with Crippen molar-refractivity contribution in [1.82, 2.24) is 10.3 Å². The zero-order valence-corrected chi connectivity index (χ0v) is 16.4. The molecule has 1 aromatic carbocycles. The zero-order chi connectivity index (χ0) is 19.8. The molecule has 0 atom stereocenters. The maximum Gasteiger partial charge on any atom is 0.189 e. The standard InChI is InChI=1S/C20H27N5O3/c1-26-17-6-5-15(12-18(17)27-2)13-23-20(21)24-14-16-4-3-7-22-19(16)25-8-10-28-11-9-25/h3-7,12H,8-11,13-14H2,1-2H3,(H3,21,23,24). The summed E-state index contributed by atoms with van der Waals surface area (Å²) in [5, 5.41) is 3.17. The summed E-state index contributed by atoms with van der Waals surface area (Å²) in [4.78, 5) is 11.2. The van der Waals surface area contributed by atoms with Gasteiger partial charge in [-0.1, -0.05) is 12.1 Å². The van der Waals surface area contributed by atoms with Crippen molar-refractivity contribution >= 4 is 11.8 Å². The van der Waals surface area contributed by atoms with E-state index in [9.17, 15) is 0 Å². The first kappa shape index (κ1) is 19.8. The Bertz CT molecular complexity index is 806. The first-order valence-corrected chi connectivity index (χ1v) is 9.22. The van der Waals surface area contributed by atoms with Crippen LogP contribution in [0, 0.1) is 0 Å². The highest BCUT2D eigenvalue weighted by Gasteiger charge is 2.15. The molecule has 0 bridgehead atoms. The molecule has 0 saturated carbocycles. The molecule has 3 N–H and O–H groups in total. The molecular formula is C20H27N5O3. The summed E-state index contributed by atoms with van der Waals surface area (Å²) in [5.41, 5.74) is 8.12. The molecule has 0 radical (unpaired) electrons. The monoisotopic (exact) mass is 385 g/mol. The van der Waals surface area contributed by atoms with E-state index in [4.69, 9.17) is 19.9 Å². The molecule has 0 unspecified atom stereocenters. The van der Waals surface area contributed by atoms with Crippen LogP contribution < -0.4 is 25.4 Å². The third kappa shape index (κ3) is 5.04. The predicted octanol–water partition coefficient (Wildman–Crippen LogP) is 1.54. The number of aliphatic imine (C=N–C) groups is 1. The molecule has 0 aliphatic carbocycles. The molecule has 1 saturated heterocycles. The molecular weight excluding hydrogens is 358 g/mol. The molecule has 2 heterocycles. The number of benzene rings is 1. The van der Waals surface area contributed by atoms with Crippen molar-refractivity contribution in [3.8, 4) is 11.5 Å². The number of aromatic nitrogens is 1. The summed E-state index contributed by atoms with van der Waals surface area (Å²) >= 11 is 0. The number of rotatable bonds is 7. The number of hydrogen-bond acceptors (Lipinski definition) is 6. The second-order valence-corrected chi connectivity index (χ2v) is 6.33. The number of methoxy groups -OCH3 is 2. The van der Waals surface area contributed by atoms with Crippen LogP contribution in [0.15, 0.2) is 41.5 Å². The van der Waals surface area contributed by atoms with E-state index in [-0.39, 0.29) is 0 Å². The molecule has 3 rings (SSSR count). The zero-order valence-electron chi connectivity index (χ0n) is 16.4. The highest BCUT2D eigenvalue weighted by Crippen LogP contribution is 2.27. The fourth-order valence-corrected chi connectivity index (χ4v) is 3.03. The lowest BCUT2D eigenvalue weighted by Gasteiger charge is -2.29. The van der Waals surface area contributed by atoms with Crippen LogP contribution in [-0.2, 0) is 17.8 Å². The molecule has 150 valence electrons. The fraction of sp³-hybridized carbons (Fsp3) is 0.400. The van der Waals surface area contributed by atoms with Crippen molar-refractivity contribution in [3.63, 3.8) is 0 Å². The molecule has 1 aliphatic heterocycles. The normalized spacial score (nSPS) is 14.6. The molecule has 0 spiro atoms. The van der Waals surface area contributed by atoms with Crippen LogP contribution >= 0.6 is 0 Å². The lowest BCUT2D eigenvalue weighted by Crippen LogP contribution is -2.38. The van der Waals surface area contributed by atoms with Gasteiger partial charge >= 0.3 is 0 Å².